The maximum absolute atomic E-state index is 13.8. The van der Waals surface area contributed by atoms with Crippen LogP contribution < -0.4 is 0 Å². The van der Waals surface area contributed by atoms with Crippen molar-refractivity contribution in [2.75, 3.05) is 0 Å². The highest BCUT2D eigenvalue weighted by Crippen LogP contribution is 2.41. The third kappa shape index (κ3) is 2.88. The summed E-state index contributed by atoms with van der Waals surface area (Å²) in [6.45, 7) is 2.31. The standard InChI is InChI=1S/C18H17FN2S2/c1-11-6-7-13-15(8-11)23-18-16(13)17(20-10-21-18)22-9-12-4-2-3-5-14(12)19/h2-5,10-11H,6-9H2,1H3/t11-/m0/s1. The van der Waals surface area contributed by atoms with Crippen molar-refractivity contribution in [3.05, 3.63) is 52.4 Å². The molecule has 2 heterocycles. The van der Waals surface area contributed by atoms with E-state index < -0.39 is 0 Å². The average molecular weight is 344 g/mol. The summed E-state index contributed by atoms with van der Waals surface area (Å²) in [5.41, 5.74) is 2.15. The van der Waals surface area contributed by atoms with Gasteiger partial charge in [-0.15, -0.1) is 23.1 Å². The van der Waals surface area contributed by atoms with Crippen LogP contribution >= 0.6 is 23.1 Å². The van der Waals surface area contributed by atoms with Crippen molar-refractivity contribution in [1.82, 2.24) is 9.97 Å². The number of benzene rings is 1. The van der Waals surface area contributed by atoms with Crippen LogP contribution in [0.3, 0.4) is 0 Å². The minimum Gasteiger partial charge on any atom is -0.229 e. The van der Waals surface area contributed by atoms with Crippen LogP contribution in [0.1, 0.15) is 29.3 Å². The average Bonchev–Trinajstić information content (AvgIpc) is 2.92. The quantitative estimate of drug-likeness (QED) is 0.479. The zero-order valence-corrected chi connectivity index (χ0v) is 14.5. The highest BCUT2D eigenvalue weighted by Gasteiger charge is 2.23. The van der Waals surface area contributed by atoms with E-state index in [9.17, 15) is 4.39 Å². The number of aromatic nitrogens is 2. The Labute approximate surface area is 143 Å². The largest absolute Gasteiger partial charge is 0.229 e. The molecule has 3 aromatic rings. The molecule has 0 unspecified atom stereocenters. The molecule has 0 bridgehead atoms. The van der Waals surface area contributed by atoms with E-state index in [1.165, 1.54) is 28.3 Å². The summed E-state index contributed by atoms with van der Waals surface area (Å²) in [6.07, 6.45) is 5.12. The van der Waals surface area contributed by atoms with E-state index in [0.717, 1.165) is 34.2 Å². The van der Waals surface area contributed by atoms with Gasteiger partial charge < -0.3 is 0 Å². The number of fused-ring (bicyclic) bond motifs is 3. The summed E-state index contributed by atoms with van der Waals surface area (Å²) in [7, 11) is 0. The van der Waals surface area contributed by atoms with Crippen LogP contribution in [0.25, 0.3) is 10.2 Å². The second kappa shape index (κ2) is 6.21. The first-order chi connectivity index (χ1) is 11.2. The predicted molar refractivity (Wildman–Crippen MR) is 94.6 cm³/mol. The summed E-state index contributed by atoms with van der Waals surface area (Å²) in [6, 6.07) is 6.95. The van der Waals surface area contributed by atoms with Crippen molar-refractivity contribution in [3.63, 3.8) is 0 Å². The van der Waals surface area contributed by atoms with Crippen molar-refractivity contribution in [2.24, 2.45) is 5.92 Å². The smallest absolute Gasteiger partial charge is 0.128 e. The Morgan fingerprint density at radius 2 is 2.17 bits per heavy atom. The second-order valence-electron chi connectivity index (χ2n) is 6.09. The van der Waals surface area contributed by atoms with Gasteiger partial charge in [-0.1, -0.05) is 25.1 Å². The Kier molecular flexibility index (Phi) is 4.07. The molecule has 118 valence electrons. The molecule has 0 spiro atoms. The first kappa shape index (κ1) is 15.1. The number of nitrogens with zero attached hydrogens (tertiary/aromatic N) is 2. The van der Waals surface area contributed by atoms with Crippen LogP contribution in [0.4, 0.5) is 4.39 Å². The monoisotopic (exact) mass is 344 g/mol. The van der Waals surface area contributed by atoms with E-state index in [0.29, 0.717) is 5.75 Å². The first-order valence-corrected chi connectivity index (χ1v) is 9.64. The fraction of sp³-hybridized carbons (Fsp3) is 0.333. The van der Waals surface area contributed by atoms with E-state index in [2.05, 4.69) is 16.9 Å². The van der Waals surface area contributed by atoms with Gasteiger partial charge in [-0.2, -0.15) is 0 Å². The molecule has 23 heavy (non-hydrogen) atoms. The number of hydrogen-bond acceptors (Lipinski definition) is 4. The van der Waals surface area contributed by atoms with Crippen LogP contribution in [0.5, 0.6) is 0 Å². The summed E-state index contributed by atoms with van der Waals surface area (Å²) in [5.74, 6) is 1.20. The van der Waals surface area contributed by atoms with Gasteiger partial charge in [-0.3, -0.25) is 0 Å². The third-order valence-corrected chi connectivity index (χ3v) is 6.58. The molecule has 0 saturated heterocycles. The van der Waals surface area contributed by atoms with Gasteiger partial charge in [0.05, 0.1) is 0 Å². The Hall–Kier alpha value is -1.46. The molecular weight excluding hydrogens is 327 g/mol. The maximum Gasteiger partial charge on any atom is 0.128 e. The first-order valence-electron chi connectivity index (χ1n) is 7.84. The fourth-order valence-electron chi connectivity index (χ4n) is 3.12. The molecule has 2 aromatic heterocycles. The SMILES string of the molecule is C[C@H]1CCc2c(sc3ncnc(SCc4ccccc4F)c23)C1. The lowest BCUT2D eigenvalue weighted by Gasteiger charge is -2.18. The van der Waals surface area contributed by atoms with Crippen molar-refractivity contribution in [2.45, 2.75) is 37.0 Å². The molecule has 0 fully saturated rings. The lowest BCUT2D eigenvalue weighted by atomic mass is 9.89. The van der Waals surface area contributed by atoms with Gasteiger partial charge >= 0.3 is 0 Å². The number of aryl methyl sites for hydroxylation is 1. The molecule has 1 atom stereocenters. The number of halogens is 1. The van der Waals surface area contributed by atoms with E-state index in [4.69, 9.17) is 0 Å². The highest BCUT2D eigenvalue weighted by atomic mass is 32.2. The minimum atomic E-state index is -0.147. The molecular formula is C18H17FN2S2. The van der Waals surface area contributed by atoms with E-state index in [-0.39, 0.29) is 5.82 Å². The molecule has 0 aliphatic heterocycles. The van der Waals surface area contributed by atoms with Gasteiger partial charge in [-0.25, -0.2) is 14.4 Å². The molecule has 0 saturated carbocycles. The van der Waals surface area contributed by atoms with Crippen LogP contribution in [0.15, 0.2) is 35.6 Å². The summed E-state index contributed by atoms with van der Waals surface area (Å²) >= 11 is 3.41. The molecule has 2 nitrogen and oxygen atoms in total. The van der Waals surface area contributed by atoms with E-state index >= 15 is 0 Å². The van der Waals surface area contributed by atoms with Crippen LogP contribution in [-0.2, 0) is 18.6 Å². The minimum absolute atomic E-state index is 0.147. The van der Waals surface area contributed by atoms with Crippen molar-refractivity contribution in [3.8, 4) is 0 Å². The van der Waals surface area contributed by atoms with Crippen molar-refractivity contribution in [1.29, 1.82) is 0 Å². The van der Waals surface area contributed by atoms with Gasteiger partial charge in [0.1, 0.15) is 22.0 Å². The van der Waals surface area contributed by atoms with Gasteiger partial charge in [0.15, 0.2) is 0 Å². The van der Waals surface area contributed by atoms with Gasteiger partial charge in [0, 0.05) is 16.0 Å². The van der Waals surface area contributed by atoms with Crippen molar-refractivity contribution >= 4 is 33.3 Å². The Balaban J connectivity index is 1.69. The Morgan fingerprint density at radius 3 is 3.04 bits per heavy atom. The number of rotatable bonds is 3. The summed E-state index contributed by atoms with van der Waals surface area (Å²) in [4.78, 5) is 11.5. The molecule has 1 aromatic carbocycles. The lowest BCUT2D eigenvalue weighted by molar-refractivity contribution is 0.509. The van der Waals surface area contributed by atoms with Gasteiger partial charge in [-0.05, 0) is 42.4 Å². The lowest BCUT2D eigenvalue weighted by Crippen LogP contribution is -2.08. The van der Waals surface area contributed by atoms with Crippen LogP contribution in [0.2, 0.25) is 0 Å². The Bertz CT molecular complexity index is 859. The Morgan fingerprint density at radius 1 is 1.30 bits per heavy atom. The van der Waals surface area contributed by atoms with Crippen LogP contribution in [0, 0.1) is 11.7 Å². The molecule has 5 heteroatoms. The zero-order valence-electron chi connectivity index (χ0n) is 12.9. The van der Waals surface area contributed by atoms with E-state index in [1.807, 2.05) is 12.1 Å². The number of thiophene rings is 1. The predicted octanol–water partition coefficient (Wildman–Crippen LogP) is 5.25. The number of hydrogen-bond donors (Lipinski definition) is 0. The second-order valence-corrected chi connectivity index (χ2v) is 8.14. The zero-order chi connectivity index (χ0) is 15.8. The van der Waals surface area contributed by atoms with Crippen LogP contribution in [-0.4, -0.2) is 9.97 Å². The van der Waals surface area contributed by atoms with E-state index in [1.54, 1.807) is 35.5 Å². The van der Waals surface area contributed by atoms with Crippen molar-refractivity contribution < 1.29 is 4.39 Å². The molecule has 1 aliphatic rings. The molecule has 0 radical (unpaired) electrons. The number of thioether (sulfide) groups is 1. The molecule has 0 N–H and O–H groups in total. The van der Waals surface area contributed by atoms with Gasteiger partial charge in [0.25, 0.3) is 0 Å². The molecule has 4 rings (SSSR count). The fourth-order valence-corrected chi connectivity index (χ4v) is 5.54. The normalized spacial score (nSPS) is 17.4. The van der Waals surface area contributed by atoms with Gasteiger partial charge in [0.2, 0.25) is 0 Å². The third-order valence-electron chi connectivity index (χ3n) is 4.38. The molecule has 0 amide bonds. The molecule has 1 aliphatic carbocycles. The highest BCUT2D eigenvalue weighted by molar-refractivity contribution is 7.98. The summed E-state index contributed by atoms with van der Waals surface area (Å²) in [5, 5.41) is 2.20. The topological polar surface area (TPSA) is 25.8 Å². The summed E-state index contributed by atoms with van der Waals surface area (Å²) < 4.78 is 13.8. The maximum atomic E-state index is 13.8.